The van der Waals surface area contributed by atoms with E-state index in [0.29, 0.717) is 0 Å². The van der Waals surface area contributed by atoms with Crippen LogP contribution in [-0.4, -0.2) is 38.1 Å². The Hall–Kier alpha value is -1.71. The molecular formula is C13H19N3O. The van der Waals surface area contributed by atoms with Crippen molar-refractivity contribution in [3.8, 4) is 0 Å². The number of nitrogens with zero attached hydrogens (tertiary/aromatic N) is 2. The number of benzene rings is 1. The van der Waals surface area contributed by atoms with Crippen LogP contribution in [0.1, 0.15) is 12.8 Å². The number of hydrogen-bond acceptors (Lipinski definition) is 2. The van der Waals surface area contributed by atoms with E-state index in [2.05, 4.69) is 16.3 Å². The van der Waals surface area contributed by atoms with E-state index in [4.69, 9.17) is 0 Å². The van der Waals surface area contributed by atoms with E-state index in [1.807, 2.05) is 18.2 Å². The predicted molar refractivity (Wildman–Crippen MR) is 70.6 cm³/mol. The van der Waals surface area contributed by atoms with Crippen molar-refractivity contribution in [2.24, 2.45) is 0 Å². The van der Waals surface area contributed by atoms with Gasteiger partial charge in [0, 0.05) is 38.6 Å². The minimum atomic E-state index is -0.0939. The van der Waals surface area contributed by atoms with Crippen molar-refractivity contribution in [1.29, 1.82) is 0 Å². The summed E-state index contributed by atoms with van der Waals surface area (Å²) in [6, 6.07) is 7.94. The maximum atomic E-state index is 11.5. The third kappa shape index (κ3) is 2.90. The number of anilines is 2. The fourth-order valence-corrected chi connectivity index (χ4v) is 1.99. The second kappa shape index (κ2) is 5.08. The van der Waals surface area contributed by atoms with Gasteiger partial charge in [0.05, 0.1) is 0 Å². The topological polar surface area (TPSA) is 35.6 Å². The van der Waals surface area contributed by atoms with Gasteiger partial charge in [-0.3, -0.25) is 0 Å². The van der Waals surface area contributed by atoms with Gasteiger partial charge in [-0.25, -0.2) is 4.79 Å². The molecule has 1 heterocycles. The molecule has 0 spiro atoms. The molecule has 0 radical (unpaired) electrons. The van der Waals surface area contributed by atoms with E-state index in [0.717, 1.165) is 18.8 Å². The molecule has 1 saturated heterocycles. The number of amides is 2. The molecule has 1 aliphatic rings. The quantitative estimate of drug-likeness (QED) is 0.851. The first-order chi connectivity index (χ1) is 8.16. The molecule has 17 heavy (non-hydrogen) atoms. The average Bonchev–Trinajstić information content (AvgIpc) is 2.82. The average molecular weight is 233 g/mol. The summed E-state index contributed by atoms with van der Waals surface area (Å²) in [5.74, 6) is 0. The highest BCUT2D eigenvalue weighted by atomic mass is 16.2. The van der Waals surface area contributed by atoms with Crippen molar-refractivity contribution < 1.29 is 4.79 Å². The summed E-state index contributed by atoms with van der Waals surface area (Å²) in [6.45, 7) is 2.23. The zero-order chi connectivity index (χ0) is 12.3. The summed E-state index contributed by atoms with van der Waals surface area (Å²) < 4.78 is 0. The molecule has 2 rings (SSSR count). The van der Waals surface area contributed by atoms with Crippen molar-refractivity contribution in [2.75, 3.05) is 37.4 Å². The summed E-state index contributed by atoms with van der Waals surface area (Å²) in [4.78, 5) is 15.4. The molecule has 1 aromatic rings. The lowest BCUT2D eigenvalue weighted by Crippen LogP contribution is -2.27. The van der Waals surface area contributed by atoms with Crippen molar-refractivity contribution >= 4 is 17.4 Å². The first kappa shape index (κ1) is 11.8. The Balaban J connectivity index is 2.08. The van der Waals surface area contributed by atoms with E-state index in [9.17, 15) is 4.79 Å². The molecule has 0 atom stereocenters. The summed E-state index contributed by atoms with van der Waals surface area (Å²) in [5.41, 5.74) is 2.05. The van der Waals surface area contributed by atoms with Gasteiger partial charge >= 0.3 is 6.03 Å². The lowest BCUT2D eigenvalue weighted by molar-refractivity contribution is 0.230. The molecule has 1 fully saturated rings. The Morgan fingerprint density at radius 1 is 1.29 bits per heavy atom. The van der Waals surface area contributed by atoms with Crippen LogP contribution in [-0.2, 0) is 0 Å². The number of hydrogen-bond donors (Lipinski definition) is 1. The number of nitrogens with one attached hydrogen (secondary N) is 1. The number of carbonyl (C=O) groups excluding carboxylic acids is 1. The Morgan fingerprint density at radius 3 is 2.65 bits per heavy atom. The van der Waals surface area contributed by atoms with Gasteiger partial charge in [0.1, 0.15) is 0 Å². The normalized spacial score (nSPS) is 14.8. The smallest absolute Gasteiger partial charge is 0.321 e. The molecule has 2 amide bonds. The molecule has 4 nitrogen and oxygen atoms in total. The lowest BCUT2D eigenvalue weighted by atomic mass is 10.2. The van der Waals surface area contributed by atoms with Crippen molar-refractivity contribution in [3.63, 3.8) is 0 Å². The molecule has 4 heteroatoms. The summed E-state index contributed by atoms with van der Waals surface area (Å²) >= 11 is 0. The minimum absolute atomic E-state index is 0.0939. The van der Waals surface area contributed by atoms with Crippen LogP contribution in [0.5, 0.6) is 0 Å². The number of rotatable bonds is 2. The molecule has 0 aromatic heterocycles. The zero-order valence-corrected chi connectivity index (χ0v) is 10.4. The van der Waals surface area contributed by atoms with Crippen LogP contribution in [0.2, 0.25) is 0 Å². The highest BCUT2D eigenvalue weighted by Crippen LogP contribution is 2.23. The van der Waals surface area contributed by atoms with E-state index < -0.39 is 0 Å². The third-order valence-electron chi connectivity index (χ3n) is 2.97. The Kier molecular flexibility index (Phi) is 3.52. The largest absolute Gasteiger partial charge is 0.371 e. The van der Waals surface area contributed by atoms with Gasteiger partial charge in [0.2, 0.25) is 0 Å². The third-order valence-corrected chi connectivity index (χ3v) is 2.97. The standard InChI is InChI=1S/C13H19N3O/c1-15(2)13(17)14-11-6-5-7-12(10-11)16-8-3-4-9-16/h5-7,10H,3-4,8-9H2,1-2H3,(H,14,17). The number of urea groups is 1. The van der Waals surface area contributed by atoms with Crippen LogP contribution in [0, 0.1) is 0 Å². The van der Waals surface area contributed by atoms with E-state index in [-0.39, 0.29) is 6.03 Å². The predicted octanol–water partition coefficient (Wildman–Crippen LogP) is 2.38. The van der Waals surface area contributed by atoms with Crippen LogP contribution in [0.3, 0.4) is 0 Å². The van der Waals surface area contributed by atoms with E-state index in [1.165, 1.54) is 23.4 Å². The molecule has 0 unspecified atom stereocenters. The zero-order valence-electron chi connectivity index (χ0n) is 10.4. The SMILES string of the molecule is CN(C)C(=O)Nc1cccc(N2CCCC2)c1. The molecular weight excluding hydrogens is 214 g/mol. The first-order valence-corrected chi connectivity index (χ1v) is 6.00. The van der Waals surface area contributed by atoms with Crippen molar-refractivity contribution in [1.82, 2.24) is 4.90 Å². The van der Waals surface area contributed by atoms with Gasteiger partial charge in [-0.1, -0.05) is 6.07 Å². The van der Waals surface area contributed by atoms with Crippen LogP contribution in [0.15, 0.2) is 24.3 Å². The van der Waals surface area contributed by atoms with Gasteiger partial charge < -0.3 is 15.1 Å². The van der Waals surface area contributed by atoms with Crippen molar-refractivity contribution in [2.45, 2.75) is 12.8 Å². The summed E-state index contributed by atoms with van der Waals surface area (Å²) in [6.07, 6.45) is 2.52. The van der Waals surface area contributed by atoms with E-state index in [1.54, 1.807) is 14.1 Å². The molecule has 1 aliphatic heterocycles. The van der Waals surface area contributed by atoms with Gasteiger partial charge in [0.15, 0.2) is 0 Å². The van der Waals surface area contributed by atoms with Crippen molar-refractivity contribution in [3.05, 3.63) is 24.3 Å². The Morgan fingerprint density at radius 2 is 2.00 bits per heavy atom. The fourth-order valence-electron chi connectivity index (χ4n) is 1.99. The highest BCUT2D eigenvalue weighted by molar-refractivity contribution is 5.89. The molecule has 1 aromatic carbocycles. The second-order valence-electron chi connectivity index (χ2n) is 4.57. The maximum absolute atomic E-state index is 11.5. The molecule has 92 valence electrons. The first-order valence-electron chi connectivity index (χ1n) is 6.00. The molecule has 0 saturated carbocycles. The second-order valence-corrected chi connectivity index (χ2v) is 4.57. The molecule has 0 bridgehead atoms. The fraction of sp³-hybridized carbons (Fsp3) is 0.462. The maximum Gasteiger partial charge on any atom is 0.321 e. The minimum Gasteiger partial charge on any atom is -0.371 e. The highest BCUT2D eigenvalue weighted by Gasteiger charge is 2.12. The van der Waals surface area contributed by atoms with Gasteiger partial charge in [0.25, 0.3) is 0 Å². The van der Waals surface area contributed by atoms with Crippen LogP contribution >= 0.6 is 0 Å². The van der Waals surface area contributed by atoms with Gasteiger partial charge in [-0.2, -0.15) is 0 Å². The van der Waals surface area contributed by atoms with Crippen LogP contribution in [0.25, 0.3) is 0 Å². The molecule has 1 N–H and O–H groups in total. The van der Waals surface area contributed by atoms with Gasteiger partial charge in [-0.05, 0) is 31.0 Å². The van der Waals surface area contributed by atoms with E-state index >= 15 is 0 Å². The lowest BCUT2D eigenvalue weighted by Gasteiger charge is -2.19. The van der Waals surface area contributed by atoms with Crippen LogP contribution in [0.4, 0.5) is 16.2 Å². The Labute approximate surface area is 102 Å². The Bertz CT molecular complexity index is 397. The monoisotopic (exact) mass is 233 g/mol. The summed E-state index contributed by atoms with van der Waals surface area (Å²) in [5, 5.41) is 2.87. The summed E-state index contributed by atoms with van der Waals surface area (Å²) in [7, 11) is 3.47. The van der Waals surface area contributed by atoms with Crippen LogP contribution < -0.4 is 10.2 Å². The molecule has 0 aliphatic carbocycles. The number of carbonyl (C=O) groups is 1. The van der Waals surface area contributed by atoms with Gasteiger partial charge in [-0.15, -0.1) is 0 Å².